The molecule has 142 valence electrons. The van der Waals surface area contributed by atoms with Crippen LogP contribution in [-0.2, 0) is 15.9 Å². The molecule has 0 aliphatic carbocycles. The van der Waals surface area contributed by atoms with Gasteiger partial charge in [-0.15, -0.1) is 0 Å². The minimum Gasteiger partial charge on any atom is -0.373 e. The molecule has 0 aromatic heterocycles. The van der Waals surface area contributed by atoms with Crippen molar-refractivity contribution >= 4 is 11.7 Å². The Morgan fingerprint density at radius 2 is 1.85 bits per heavy atom. The SMILES string of the molecule is Cc1cccc(NC(=O)N[C@H]2COC3[C@H](CCc4ccccc4)CO[C@@H]32)c1. The molecule has 0 saturated carbocycles. The van der Waals surface area contributed by atoms with Gasteiger partial charge >= 0.3 is 6.03 Å². The van der Waals surface area contributed by atoms with E-state index >= 15 is 0 Å². The van der Waals surface area contributed by atoms with E-state index in [2.05, 4.69) is 34.9 Å². The van der Waals surface area contributed by atoms with Gasteiger partial charge in [-0.1, -0.05) is 42.5 Å². The number of amides is 2. The standard InChI is InChI=1S/C22H26N2O3/c1-15-6-5-9-18(12-15)23-22(25)24-19-14-27-20-17(13-26-21(19)20)11-10-16-7-3-2-4-8-16/h2-9,12,17,19-21H,10-11,13-14H2,1H3,(H2,23,24,25)/t17-,19+,20?,21-/m1/s1. The Balaban J connectivity index is 1.29. The van der Waals surface area contributed by atoms with Crippen molar-refractivity contribution in [2.24, 2.45) is 5.92 Å². The summed E-state index contributed by atoms with van der Waals surface area (Å²) in [7, 11) is 0. The second-order valence-electron chi connectivity index (χ2n) is 7.45. The maximum Gasteiger partial charge on any atom is 0.319 e. The van der Waals surface area contributed by atoms with Crippen molar-refractivity contribution in [2.45, 2.75) is 38.0 Å². The van der Waals surface area contributed by atoms with Gasteiger partial charge in [-0.2, -0.15) is 0 Å². The summed E-state index contributed by atoms with van der Waals surface area (Å²) in [5, 5.41) is 5.90. The van der Waals surface area contributed by atoms with Crippen LogP contribution in [0.5, 0.6) is 0 Å². The van der Waals surface area contributed by atoms with Gasteiger partial charge in [0, 0.05) is 11.6 Å². The molecule has 2 aromatic rings. The molecule has 2 aromatic carbocycles. The molecule has 4 rings (SSSR count). The minimum absolute atomic E-state index is 0.0611. The van der Waals surface area contributed by atoms with Crippen molar-refractivity contribution in [2.75, 3.05) is 18.5 Å². The predicted octanol–water partition coefficient (Wildman–Crippen LogP) is 3.53. The van der Waals surface area contributed by atoms with Crippen molar-refractivity contribution < 1.29 is 14.3 Å². The first-order valence-electron chi connectivity index (χ1n) is 9.60. The lowest BCUT2D eigenvalue weighted by Crippen LogP contribution is -2.45. The Kier molecular flexibility index (Phi) is 5.41. The van der Waals surface area contributed by atoms with E-state index in [0.717, 1.165) is 24.1 Å². The summed E-state index contributed by atoms with van der Waals surface area (Å²) in [6.45, 7) is 3.19. The highest BCUT2D eigenvalue weighted by Gasteiger charge is 2.47. The van der Waals surface area contributed by atoms with Crippen LogP contribution in [0, 0.1) is 12.8 Å². The molecule has 2 aliphatic heterocycles. The van der Waals surface area contributed by atoms with Gasteiger partial charge < -0.3 is 20.1 Å². The number of ether oxygens (including phenoxy) is 2. The van der Waals surface area contributed by atoms with E-state index in [9.17, 15) is 4.79 Å². The molecule has 0 spiro atoms. The van der Waals surface area contributed by atoms with Gasteiger partial charge in [-0.25, -0.2) is 4.79 Å². The zero-order valence-corrected chi connectivity index (χ0v) is 15.6. The summed E-state index contributed by atoms with van der Waals surface area (Å²) in [4.78, 5) is 12.3. The average Bonchev–Trinajstić information content (AvgIpc) is 3.24. The number of carbonyl (C=O) groups excluding carboxylic acids is 1. The molecule has 2 N–H and O–H groups in total. The Hall–Kier alpha value is -2.37. The lowest BCUT2D eigenvalue weighted by Gasteiger charge is -2.18. The van der Waals surface area contributed by atoms with Gasteiger partial charge in [0.1, 0.15) is 6.10 Å². The minimum atomic E-state index is -0.216. The summed E-state index contributed by atoms with van der Waals surface area (Å²) >= 11 is 0. The van der Waals surface area contributed by atoms with Gasteiger partial charge in [0.05, 0.1) is 25.4 Å². The van der Waals surface area contributed by atoms with Crippen LogP contribution in [0.25, 0.3) is 0 Å². The van der Waals surface area contributed by atoms with E-state index < -0.39 is 0 Å². The van der Waals surface area contributed by atoms with Crippen LogP contribution in [0.2, 0.25) is 0 Å². The van der Waals surface area contributed by atoms with Crippen LogP contribution in [-0.4, -0.2) is 37.5 Å². The van der Waals surface area contributed by atoms with Crippen LogP contribution in [0.3, 0.4) is 0 Å². The highest BCUT2D eigenvalue weighted by molar-refractivity contribution is 5.89. The highest BCUT2D eigenvalue weighted by atomic mass is 16.6. The average molecular weight is 366 g/mol. The number of hydrogen-bond acceptors (Lipinski definition) is 3. The molecule has 5 heteroatoms. The largest absolute Gasteiger partial charge is 0.373 e. The molecule has 27 heavy (non-hydrogen) atoms. The molecule has 1 unspecified atom stereocenters. The first-order chi connectivity index (χ1) is 13.2. The number of carbonyl (C=O) groups is 1. The number of fused-ring (bicyclic) bond motifs is 1. The predicted molar refractivity (Wildman–Crippen MR) is 105 cm³/mol. The molecule has 0 bridgehead atoms. The third-order valence-electron chi connectivity index (χ3n) is 5.40. The molecule has 2 heterocycles. The molecular weight excluding hydrogens is 340 g/mol. The summed E-state index contributed by atoms with van der Waals surface area (Å²) in [5.41, 5.74) is 3.24. The van der Waals surface area contributed by atoms with Crippen LogP contribution >= 0.6 is 0 Å². The van der Waals surface area contributed by atoms with Gasteiger partial charge in [0.15, 0.2) is 0 Å². The van der Waals surface area contributed by atoms with E-state index in [0.29, 0.717) is 19.1 Å². The molecule has 0 radical (unpaired) electrons. The lowest BCUT2D eigenvalue weighted by molar-refractivity contribution is 0.0615. The van der Waals surface area contributed by atoms with Crippen molar-refractivity contribution in [1.82, 2.24) is 5.32 Å². The van der Waals surface area contributed by atoms with E-state index in [1.54, 1.807) is 0 Å². The van der Waals surface area contributed by atoms with E-state index in [1.807, 2.05) is 37.3 Å². The van der Waals surface area contributed by atoms with Crippen LogP contribution in [0.1, 0.15) is 17.5 Å². The summed E-state index contributed by atoms with van der Waals surface area (Å²) < 4.78 is 12.0. The van der Waals surface area contributed by atoms with Crippen molar-refractivity contribution in [3.8, 4) is 0 Å². The van der Waals surface area contributed by atoms with E-state index in [1.165, 1.54) is 5.56 Å². The Morgan fingerprint density at radius 1 is 1.04 bits per heavy atom. The molecule has 2 amide bonds. The van der Waals surface area contributed by atoms with Crippen molar-refractivity contribution in [3.63, 3.8) is 0 Å². The summed E-state index contributed by atoms with van der Waals surface area (Å²) in [5.74, 6) is 0.377. The fraction of sp³-hybridized carbons (Fsp3) is 0.409. The van der Waals surface area contributed by atoms with E-state index in [4.69, 9.17) is 9.47 Å². The maximum absolute atomic E-state index is 12.3. The molecular formula is C22H26N2O3. The molecule has 2 fully saturated rings. The normalized spacial score (nSPS) is 26.6. The lowest BCUT2D eigenvalue weighted by atomic mass is 9.93. The van der Waals surface area contributed by atoms with Crippen LogP contribution in [0.4, 0.5) is 10.5 Å². The summed E-state index contributed by atoms with van der Waals surface area (Å²) in [6.07, 6.45) is 2.06. The fourth-order valence-electron chi connectivity index (χ4n) is 4.00. The van der Waals surface area contributed by atoms with Crippen LogP contribution in [0.15, 0.2) is 54.6 Å². The maximum atomic E-state index is 12.3. The molecule has 2 aliphatic rings. The van der Waals surface area contributed by atoms with Gasteiger partial charge in [0.25, 0.3) is 0 Å². The van der Waals surface area contributed by atoms with E-state index in [-0.39, 0.29) is 24.3 Å². The number of hydrogen-bond donors (Lipinski definition) is 2. The zero-order chi connectivity index (χ0) is 18.6. The fourth-order valence-corrected chi connectivity index (χ4v) is 4.00. The smallest absolute Gasteiger partial charge is 0.319 e. The monoisotopic (exact) mass is 366 g/mol. The quantitative estimate of drug-likeness (QED) is 0.851. The number of anilines is 1. The number of aryl methyl sites for hydroxylation is 2. The second-order valence-corrected chi connectivity index (χ2v) is 7.45. The van der Waals surface area contributed by atoms with Crippen molar-refractivity contribution in [3.05, 3.63) is 65.7 Å². The third kappa shape index (κ3) is 4.31. The number of benzene rings is 2. The third-order valence-corrected chi connectivity index (χ3v) is 5.40. The highest BCUT2D eigenvalue weighted by Crippen LogP contribution is 2.33. The topological polar surface area (TPSA) is 59.6 Å². The van der Waals surface area contributed by atoms with Gasteiger partial charge in [-0.05, 0) is 43.0 Å². The summed E-state index contributed by atoms with van der Waals surface area (Å²) in [6, 6.07) is 17.9. The zero-order valence-electron chi connectivity index (χ0n) is 15.6. The molecule has 2 saturated heterocycles. The Labute approximate surface area is 160 Å². The molecule has 4 atom stereocenters. The first kappa shape index (κ1) is 18.0. The Morgan fingerprint density at radius 3 is 2.67 bits per heavy atom. The number of nitrogens with one attached hydrogen (secondary N) is 2. The number of rotatable bonds is 5. The first-order valence-corrected chi connectivity index (χ1v) is 9.60. The second kappa shape index (κ2) is 8.11. The van der Waals surface area contributed by atoms with Crippen molar-refractivity contribution in [1.29, 1.82) is 0 Å². The Bertz CT molecular complexity index is 780. The number of urea groups is 1. The van der Waals surface area contributed by atoms with Crippen LogP contribution < -0.4 is 10.6 Å². The van der Waals surface area contributed by atoms with Gasteiger partial charge in [-0.3, -0.25) is 0 Å². The van der Waals surface area contributed by atoms with Gasteiger partial charge in [0.2, 0.25) is 0 Å². The molecule has 5 nitrogen and oxygen atoms in total.